The quantitative estimate of drug-likeness (QED) is 0.900. The second kappa shape index (κ2) is 4.83. The molecule has 1 saturated heterocycles. The first kappa shape index (κ1) is 12.7. The molecule has 0 amide bonds. The Morgan fingerprint density at radius 1 is 1.47 bits per heavy atom. The summed E-state index contributed by atoms with van der Waals surface area (Å²) in [4.78, 5) is 0. The summed E-state index contributed by atoms with van der Waals surface area (Å²) in [5.74, 6) is 0. The SMILES string of the molecule is N#CC1(C(O)c2ccc(Cl)cc2Cl)CCOC1. The molecule has 3 nitrogen and oxygen atoms in total. The van der Waals surface area contributed by atoms with Crippen molar-refractivity contribution in [1.29, 1.82) is 5.26 Å². The number of aliphatic hydroxyl groups is 1. The minimum atomic E-state index is -0.959. The van der Waals surface area contributed by atoms with Crippen molar-refractivity contribution in [2.75, 3.05) is 13.2 Å². The number of aliphatic hydroxyl groups excluding tert-OH is 1. The standard InChI is InChI=1S/C12H11Cl2NO2/c13-8-1-2-9(10(14)5-8)11(16)12(6-15)3-4-17-7-12/h1-2,5,11,16H,3-4,7H2. The van der Waals surface area contributed by atoms with Gasteiger partial charge in [-0.3, -0.25) is 0 Å². The zero-order valence-electron chi connectivity index (χ0n) is 8.99. The summed E-state index contributed by atoms with van der Waals surface area (Å²) in [5, 5.41) is 20.4. The Kier molecular flexibility index (Phi) is 3.60. The van der Waals surface area contributed by atoms with Gasteiger partial charge in [0.25, 0.3) is 0 Å². The van der Waals surface area contributed by atoms with Crippen molar-refractivity contribution >= 4 is 23.2 Å². The maximum Gasteiger partial charge on any atom is 0.113 e. The normalized spacial score (nSPS) is 25.5. The lowest BCUT2D eigenvalue weighted by Gasteiger charge is -2.26. The highest BCUT2D eigenvalue weighted by Gasteiger charge is 2.43. The molecule has 1 fully saturated rings. The zero-order valence-corrected chi connectivity index (χ0v) is 10.5. The number of ether oxygens (including phenoxy) is 1. The molecular weight excluding hydrogens is 261 g/mol. The third kappa shape index (κ3) is 2.27. The first-order chi connectivity index (χ1) is 8.09. The van der Waals surface area contributed by atoms with E-state index in [0.29, 0.717) is 28.6 Å². The first-order valence-corrected chi connectivity index (χ1v) is 5.97. The predicted octanol–water partition coefficient (Wildman–Crippen LogP) is 2.96. The summed E-state index contributed by atoms with van der Waals surface area (Å²) in [5.41, 5.74) is -0.389. The minimum absolute atomic E-state index is 0.226. The molecule has 1 aliphatic heterocycles. The van der Waals surface area contributed by atoms with Crippen molar-refractivity contribution in [2.24, 2.45) is 5.41 Å². The van der Waals surface area contributed by atoms with Crippen LogP contribution in [0.5, 0.6) is 0 Å². The molecule has 0 radical (unpaired) electrons. The average Bonchev–Trinajstić information content (AvgIpc) is 2.78. The van der Waals surface area contributed by atoms with Gasteiger partial charge in [0, 0.05) is 22.2 Å². The second-order valence-corrected chi connectivity index (χ2v) is 4.98. The van der Waals surface area contributed by atoms with E-state index in [1.165, 1.54) is 0 Å². The minimum Gasteiger partial charge on any atom is -0.387 e. The van der Waals surface area contributed by atoms with Crippen molar-refractivity contribution in [1.82, 2.24) is 0 Å². The van der Waals surface area contributed by atoms with Gasteiger partial charge in [0.15, 0.2) is 0 Å². The molecule has 0 aromatic heterocycles. The first-order valence-electron chi connectivity index (χ1n) is 5.21. The molecular formula is C12H11Cl2NO2. The lowest BCUT2D eigenvalue weighted by atomic mass is 9.79. The van der Waals surface area contributed by atoms with Crippen molar-refractivity contribution < 1.29 is 9.84 Å². The van der Waals surface area contributed by atoms with Crippen LogP contribution in [0.15, 0.2) is 18.2 Å². The van der Waals surface area contributed by atoms with Crippen LogP contribution in [0, 0.1) is 16.7 Å². The van der Waals surface area contributed by atoms with Crippen molar-refractivity contribution in [3.63, 3.8) is 0 Å². The fourth-order valence-corrected chi connectivity index (χ4v) is 2.48. The Morgan fingerprint density at radius 2 is 2.24 bits per heavy atom. The van der Waals surface area contributed by atoms with Crippen LogP contribution in [-0.4, -0.2) is 18.3 Å². The van der Waals surface area contributed by atoms with E-state index in [9.17, 15) is 10.4 Å². The molecule has 90 valence electrons. The Morgan fingerprint density at radius 3 is 2.76 bits per heavy atom. The van der Waals surface area contributed by atoms with E-state index in [1.54, 1.807) is 18.2 Å². The Labute approximate surface area is 110 Å². The largest absolute Gasteiger partial charge is 0.387 e. The molecule has 1 heterocycles. The van der Waals surface area contributed by atoms with E-state index < -0.39 is 11.5 Å². The summed E-state index contributed by atoms with van der Waals surface area (Å²) in [6.07, 6.45) is -0.455. The van der Waals surface area contributed by atoms with Gasteiger partial charge >= 0.3 is 0 Å². The summed E-state index contributed by atoms with van der Waals surface area (Å²) in [7, 11) is 0. The molecule has 1 N–H and O–H groups in total. The van der Waals surface area contributed by atoms with Gasteiger partial charge in [0.2, 0.25) is 0 Å². The highest BCUT2D eigenvalue weighted by atomic mass is 35.5. The number of hydrogen-bond acceptors (Lipinski definition) is 3. The van der Waals surface area contributed by atoms with Crippen molar-refractivity contribution in [2.45, 2.75) is 12.5 Å². The third-order valence-electron chi connectivity index (χ3n) is 3.06. The molecule has 1 aromatic rings. The van der Waals surface area contributed by atoms with Crippen LogP contribution < -0.4 is 0 Å². The summed E-state index contributed by atoms with van der Waals surface area (Å²) in [6.45, 7) is 0.708. The molecule has 0 saturated carbocycles. The van der Waals surface area contributed by atoms with Crippen LogP contribution in [0.2, 0.25) is 10.0 Å². The zero-order chi connectivity index (χ0) is 12.5. The van der Waals surface area contributed by atoms with Gasteiger partial charge in [-0.1, -0.05) is 29.3 Å². The number of rotatable bonds is 2. The maximum atomic E-state index is 10.3. The van der Waals surface area contributed by atoms with Gasteiger partial charge in [-0.2, -0.15) is 5.26 Å². The topological polar surface area (TPSA) is 53.2 Å². The van der Waals surface area contributed by atoms with Gasteiger partial charge in [0.1, 0.15) is 11.5 Å². The molecule has 2 atom stereocenters. The number of halogens is 2. The van der Waals surface area contributed by atoms with Gasteiger partial charge < -0.3 is 9.84 Å². The van der Waals surface area contributed by atoms with Crippen LogP contribution in [0.4, 0.5) is 0 Å². The van der Waals surface area contributed by atoms with Gasteiger partial charge in [0.05, 0.1) is 12.7 Å². The number of benzene rings is 1. The molecule has 2 rings (SSSR count). The van der Waals surface area contributed by atoms with E-state index in [1.807, 2.05) is 0 Å². The van der Waals surface area contributed by atoms with Crippen LogP contribution in [0.1, 0.15) is 18.1 Å². The second-order valence-electron chi connectivity index (χ2n) is 4.14. The number of hydrogen-bond donors (Lipinski definition) is 1. The molecule has 5 heteroatoms. The Bertz CT molecular complexity index is 464. The number of nitrogens with zero attached hydrogens (tertiary/aromatic N) is 1. The van der Waals surface area contributed by atoms with Gasteiger partial charge in [-0.25, -0.2) is 0 Å². The molecule has 2 unspecified atom stereocenters. The van der Waals surface area contributed by atoms with E-state index >= 15 is 0 Å². The molecule has 1 aliphatic rings. The van der Waals surface area contributed by atoms with E-state index in [4.69, 9.17) is 27.9 Å². The monoisotopic (exact) mass is 271 g/mol. The van der Waals surface area contributed by atoms with Gasteiger partial charge in [-0.15, -0.1) is 0 Å². The fourth-order valence-electron chi connectivity index (χ4n) is 1.97. The van der Waals surface area contributed by atoms with Crippen molar-refractivity contribution in [3.8, 4) is 6.07 Å². The number of nitriles is 1. The fraction of sp³-hybridized carbons (Fsp3) is 0.417. The summed E-state index contributed by atoms with van der Waals surface area (Å²) >= 11 is 11.8. The van der Waals surface area contributed by atoms with E-state index in [-0.39, 0.29) is 6.61 Å². The lowest BCUT2D eigenvalue weighted by molar-refractivity contribution is 0.0505. The maximum absolute atomic E-state index is 10.3. The van der Waals surface area contributed by atoms with E-state index in [2.05, 4.69) is 6.07 Å². The summed E-state index contributed by atoms with van der Waals surface area (Å²) < 4.78 is 5.21. The predicted molar refractivity (Wildman–Crippen MR) is 64.9 cm³/mol. The highest BCUT2D eigenvalue weighted by molar-refractivity contribution is 6.35. The van der Waals surface area contributed by atoms with E-state index in [0.717, 1.165) is 0 Å². The highest BCUT2D eigenvalue weighted by Crippen LogP contribution is 2.42. The average molecular weight is 272 g/mol. The summed E-state index contributed by atoms with van der Waals surface area (Å²) in [6, 6.07) is 7.00. The lowest BCUT2D eigenvalue weighted by Crippen LogP contribution is -2.28. The Hall–Kier alpha value is -0.790. The van der Waals surface area contributed by atoms with Crippen LogP contribution in [0.25, 0.3) is 0 Å². The van der Waals surface area contributed by atoms with Crippen molar-refractivity contribution in [3.05, 3.63) is 33.8 Å². The third-order valence-corrected chi connectivity index (χ3v) is 3.62. The van der Waals surface area contributed by atoms with Crippen LogP contribution in [-0.2, 0) is 4.74 Å². The van der Waals surface area contributed by atoms with Crippen LogP contribution >= 0.6 is 23.2 Å². The van der Waals surface area contributed by atoms with Crippen LogP contribution in [0.3, 0.4) is 0 Å². The van der Waals surface area contributed by atoms with Gasteiger partial charge in [-0.05, 0) is 18.6 Å². The molecule has 0 aliphatic carbocycles. The molecule has 17 heavy (non-hydrogen) atoms. The molecule has 0 spiro atoms. The molecule has 0 bridgehead atoms. The smallest absolute Gasteiger partial charge is 0.113 e. The molecule has 1 aromatic carbocycles. The Balaban J connectivity index is 2.36.